The number of amides is 2. The summed E-state index contributed by atoms with van der Waals surface area (Å²) in [6.45, 7) is 3.02. The average Bonchev–Trinajstić information content (AvgIpc) is 3.82. The normalized spacial score (nSPS) is 33.1. The zero-order valence-corrected chi connectivity index (χ0v) is 35.1. The van der Waals surface area contributed by atoms with E-state index in [1.54, 1.807) is 13.1 Å². The summed E-state index contributed by atoms with van der Waals surface area (Å²) >= 11 is 6.53. The van der Waals surface area contributed by atoms with Crippen molar-refractivity contribution in [2.45, 2.75) is 81.8 Å². The molecule has 2 spiro atoms. The first-order chi connectivity index (χ1) is 27.3. The van der Waals surface area contributed by atoms with E-state index in [0.29, 0.717) is 24.0 Å². The van der Waals surface area contributed by atoms with Crippen LogP contribution in [0.5, 0.6) is 11.6 Å². The first-order valence-corrected chi connectivity index (χ1v) is 22.7. The standard InChI is InChI=1S/C43H55ClN6O6S/c1-48(2)17-14-32-21-42-16-13-27(20-42)24-57(53,47-40(52)34-23-49(3)45-41(34)54-4)46-39(51)29-8-12-37-36(19-29)50(22-30-7-10-33(30)38(42)56-32)25-43(26-55-37)15-5-6-28-18-31(44)9-11-35(28)43/h8-9,11-12,18-19,23,27,30,32-33,38H,5-7,10,13-17,20-22,24-26H2,1-4H3,(H,46,47,51,52,53)/t27-,30+,32-,33-,38-,42-,43+,57?/m1/s1. The number of carbonyl (C=O) groups excluding carboxylic acids is 2. The zero-order chi connectivity index (χ0) is 39.7. The monoisotopic (exact) mass is 818 g/mol. The van der Waals surface area contributed by atoms with Crippen LogP contribution in [0.2, 0.25) is 5.02 Å². The Morgan fingerprint density at radius 2 is 2.00 bits per heavy atom. The molecule has 14 heteroatoms. The number of nitrogens with one attached hydrogen (secondary N) is 1. The van der Waals surface area contributed by atoms with Crippen LogP contribution in [0.1, 0.15) is 89.6 Å². The third-order valence-electron chi connectivity index (χ3n) is 14.0. The Balaban J connectivity index is 1.14. The number of halogens is 1. The maximum Gasteiger partial charge on any atom is 0.286 e. The molecule has 3 aromatic rings. The van der Waals surface area contributed by atoms with Gasteiger partial charge in [0, 0.05) is 42.3 Å². The van der Waals surface area contributed by atoms with E-state index >= 15 is 4.21 Å². The molecule has 8 atom stereocenters. The highest BCUT2D eigenvalue weighted by atomic mass is 35.5. The molecule has 1 aromatic heterocycles. The molecule has 0 radical (unpaired) electrons. The van der Waals surface area contributed by atoms with Crippen molar-refractivity contribution in [3.63, 3.8) is 0 Å². The Morgan fingerprint density at radius 3 is 2.79 bits per heavy atom. The Morgan fingerprint density at radius 1 is 1.14 bits per heavy atom. The molecule has 57 heavy (non-hydrogen) atoms. The number of hydrogen-bond acceptors (Lipinski definition) is 9. The fourth-order valence-corrected chi connectivity index (χ4v) is 13.4. The summed E-state index contributed by atoms with van der Waals surface area (Å²) in [7, 11) is 3.73. The second-order valence-electron chi connectivity index (χ2n) is 18.1. The van der Waals surface area contributed by atoms with Gasteiger partial charge >= 0.3 is 0 Å². The SMILES string of the molecule is COc1nn(C)cc1C(=O)NS1(=O)=NC(=O)c2ccc3c(c2)N(C[C@@H]2CC[C@H]2[C@H]2O[C@H](CCN(C)C)C[C@]24CC[C@H](C4)C1)C[C@@]1(CCCc2cc(Cl)ccc21)CO3. The van der Waals surface area contributed by atoms with Gasteiger partial charge in [0.2, 0.25) is 5.88 Å². The number of benzene rings is 2. The van der Waals surface area contributed by atoms with Crippen molar-refractivity contribution >= 4 is 39.0 Å². The molecular weight excluding hydrogens is 764 g/mol. The minimum absolute atomic E-state index is 0.0133. The highest BCUT2D eigenvalue weighted by Crippen LogP contribution is 2.59. The summed E-state index contributed by atoms with van der Waals surface area (Å²) in [6.07, 6.45) is 11.5. The number of fused-ring (bicyclic) bond motifs is 6. The Bertz CT molecular complexity index is 2200. The lowest BCUT2D eigenvalue weighted by Gasteiger charge is -2.48. The Kier molecular flexibility index (Phi) is 10.1. The second kappa shape index (κ2) is 14.9. The van der Waals surface area contributed by atoms with Gasteiger partial charge in [-0.3, -0.25) is 19.0 Å². The lowest BCUT2D eigenvalue weighted by Crippen LogP contribution is -2.51. The van der Waals surface area contributed by atoms with Gasteiger partial charge in [-0.2, -0.15) is 0 Å². The number of anilines is 1. The molecule has 9 rings (SSSR count). The topological polar surface area (TPSA) is 128 Å². The number of hydrogen-bond donors (Lipinski definition) is 1. The van der Waals surface area contributed by atoms with Crippen molar-refractivity contribution in [2.24, 2.45) is 34.6 Å². The summed E-state index contributed by atoms with van der Waals surface area (Å²) in [6, 6.07) is 11.7. The quantitative estimate of drug-likeness (QED) is 0.299. The molecule has 4 heterocycles. The van der Waals surface area contributed by atoms with E-state index in [4.69, 9.17) is 25.8 Å². The maximum atomic E-state index is 15.1. The Labute approximate surface area is 341 Å². The van der Waals surface area contributed by atoms with Crippen molar-refractivity contribution in [1.82, 2.24) is 19.4 Å². The van der Waals surface area contributed by atoms with Crippen LogP contribution in [0, 0.1) is 23.2 Å². The lowest BCUT2D eigenvalue weighted by atomic mass is 9.62. The minimum Gasteiger partial charge on any atom is -0.490 e. The number of aromatic nitrogens is 2. The molecule has 12 nitrogen and oxygen atoms in total. The van der Waals surface area contributed by atoms with Crippen LogP contribution in [0.3, 0.4) is 0 Å². The van der Waals surface area contributed by atoms with Crippen molar-refractivity contribution in [3.8, 4) is 11.6 Å². The summed E-state index contributed by atoms with van der Waals surface area (Å²) in [5, 5.41) is 4.97. The molecule has 2 amide bonds. The first-order valence-electron chi connectivity index (χ1n) is 20.6. The van der Waals surface area contributed by atoms with Crippen LogP contribution in [0.4, 0.5) is 5.69 Å². The van der Waals surface area contributed by atoms with E-state index in [-0.39, 0.29) is 46.2 Å². The predicted octanol–water partition coefficient (Wildman–Crippen LogP) is 6.44. The zero-order valence-electron chi connectivity index (χ0n) is 33.5. The van der Waals surface area contributed by atoms with E-state index in [2.05, 4.69) is 50.2 Å². The molecule has 1 unspecified atom stereocenters. The van der Waals surface area contributed by atoms with E-state index in [1.165, 1.54) is 29.1 Å². The second-order valence-corrected chi connectivity index (χ2v) is 20.5. The van der Waals surface area contributed by atoms with Gasteiger partial charge in [-0.25, -0.2) is 4.21 Å². The van der Waals surface area contributed by atoms with Gasteiger partial charge < -0.3 is 24.0 Å². The third-order valence-corrected chi connectivity index (χ3v) is 16.1. The van der Waals surface area contributed by atoms with Gasteiger partial charge in [-0.15, -0.1) is 9.46 Å². The van der Waals surface area contributed by atoms with Crippen LogP contribution in [-0.2, 0) is 33.5 Å². The van der Waals surface area contributed by atoms with Gasteiger partial charge in [-0.1, -0.05) is 17.7 Å². The first kappa shape index (κ1) is 38.8. The third kappa shape index (κ3) is 7.24. The average molecular weight is 819 g/mol. The van der Waals surface area contributed by atoms with E-state index in [9.17, 15) is 9.59 Å². The molecule has 1 saturated heterocycles. The molecule has 6 aliphatic rings. The van der Waals surface area contributed by atoms with E-state index < -0.39 is 21.7 Å². The summed E-state index contributed by atoms with van der Waals surface area (Å²) in [5.74, 6) is 0.406. The maximum absolute atomic E-state index is 15.1. The van der Waals surface area contributed by atoms with Crippen molar-refractivity contribution in [3.05, 3.63) is 69.9 Å². The minimum atomic E-state index is -3.60. The fraction of sp³-hybridized carbons (Fsp3) is 0.605. The van der Waals surface area contributed by atoms with Crippen LogP contribution < -0.4 is 19.1 Å². The summed E-state index contributed by atoms with van der Waals surface area (Å²) in [5.41, 5.74) is 3.52. The van der Waals surface area contributed by atoms with Gasteiger partial charge in [0.25, 0.3) is 11.8 Å². The summed E-state index contributed by atoms with van der Waals surface area (Å²) in [4.78, 5) is 32.9. The van der Waals surface area contributed by atoms with E-state index in [1.807, 2.05) is 18.2 Å². The molecule has 2 saturated carbocycles. The molecule has 4 bridgehead atoms. The van der Waals surface area contributed by atoms with Gasteiger partial charge in [0.05, 0.1) is 37.4 Å². The number of rotatable bonds is 6. The van der Waals surface area contributed by atoms with Gasteiger partial charge in [-0.05, 0) is 149 Å². The predicted molar refractivity (Wildman–Crippen MR) is 220 cm³/mol. The number of nitrogens with zero attached hydrogens (tertiary/aromatic N) is 5. The molecule has 3 fully saturated rings. The van der Waals surface area contributed by atoms with Crippen LogP contribution in [0.15, 0.2) is 47.0 Å². The number of carbonyl (C=O) groups is 2. The van der Waals surface area contributed by atoms with Crippen LogP contribution in [0.25, 0.3) is 0 Å². The fourth-order valence-electron chi connectivity index (χ4n) is 11.3. The molecule has 2 aromatic carbocycles. The summed E-state index contributed by atoms with van der Waals surface area (Å²) < 4.78 is 43.1. The highest BCUT2D eigenvalue weighted by Gasteiger charge is 2.58. The highest BCUT2D eigenvalue weighted by molar-refractivity contribution is 7.92. The number of methoxy groups -OCH3 is 1. The van der Waals surface area contributed by atoms with E-state index in [0.717, 1.165) is 100 Å². The van der Waals surface area contributed by atoms with Crippen molar-refractivity contribution in [2.75, 3.05) is 58.1 Å². The molecule has 3 aliphatic heterocycles. The number of ether oxygens (including phenoxy) is 3. The molecule has 306 valence electrons. The van der Waals surface area contributed by atoms with Crippen molar-refractivity contribution < 1.29 is 28.0 Å². The molecular formula is C43H55ClN6O6S. The van der Waals surface area contributed by atoms with Crippen molar-refractivity contribution in [1.29, 1.82) is 0 Å². The molecule has 3 aliphatic carbocycles. The smallest absolute Gasteiger partial charge is 0.286 e. The van der Waals surface area contributed by atoms with Gasteiger partial charge in [0.15, 0.2) is 0 Å². The largest absolute Gasteiger partial charge is 0.490 e. The van der Waals surface area contributed by atoms with Gasteiger partial charge in [0.1, 0.15) is 21.2 Å². The van der Waals surface area contributed by atoms with Crippen LogP contribution >= 0.6 is 11.6 Å². The lowest BCUT2D eigenvalue weighted by molar-refractivity contribution is -0.0759. The Hall–Kier alpha value is -3.65. The number of aryl methyl sites for hydroxylation is 2. The van der Waals surface area contributed by atoms with Crippen LogP contribution in [-0.4, -0.2) is 96.1 Å². The molecule has 1 N–H and O–H groups in total.